The lowest BCUT2D eigenvalue weighted by atomic mass is 10.0. The van der Waals surface area contributed by atoms with Gasteiger partial charge in [0, 0.05) is 18.6 Å². The lowest BCUT2D eigenvalue weighted by Crippen LogP contribution is -2.52. The molecule has 0 aliphatic carbocycles. The van der Waals surface area contributed by atoms with Crippen molar-refractivity contribution < 1.29 is 18.7 Å². The van der Waals surface area contributed by atoms with Crippen LogP contribution in [0.4, 0.5) is 0 Å². The molecule has 1 saturated heterocycles. The first-order valence-electron chi connectivity index (χ1n) is 5.90. The van der Waals surface area contributed by atoms with E-state index in [1.807, 2.05) is 18.9 Å². The molecule has 1 fully saturated rings. The van der Waals surface area contributed by atoms with E-state index in [0.29, 0.717) is 6.54 Å². The minimum absolute atomic E-state index is 0.133. The maximum atomic E-state index is 11.4. The first-order valence-corrected chi connectivity index (χ1v) is 6.96. The molecule has 0 bridgehead atoms. The van der Waals surface area contributed by atoms with Crippen molar-refractivity contribution in [3.05, 3.63) is 0 Å². The van der Waals surface area contributed by atoms with Crippen molar-refractivity contribution in [3.8, 4) is 0 Å². The molecule has 1 heterocycles. The van der Waals surface area contributed by atoms with Gasteiger partial charge in [-0.3, -0.25) is 9.35 Å². The van der Waals surface area contributed by atoms with Crippen molar-refractivity contribution in [2.75, 3.05) is 13.1 Å². The van der Waals surface area contributed by atoms with Crippen molar-refractivity contribution in [1.82, 2.24) is 9.42 Å². The Balaban J connectivity index is 2.66. The summed E-state index contributed by atoms with van der Waals surface area (Å²) in [6.45, 7) is 4.84. The van der Waals surface area contributed by atoms with Crippen LogP contribution in [0.3, 0.4) is 0 Å². The molecule has 106 valence electrons. The third kappa shape index (κ3) is 3.72. The number of nitrogens with two attached hydrogens (primary N) is 1. The van der Waals surface area contributed by atoms with E-state index in [-0.39, 0.29) is 18.5 Å². The summed E-state index contributed by atoms with van der Waals surface area (Å²) in [4.78, 5) is 10.6. The quantitative estimate of drug-likeness (QED) is 0.592. The average Bonchev–Trinajstić information content (AvgIpc) is 2.58. The highest BCUT2D eigenvalue weighted by Crippen LogP contribution is 2.30. The molecule has 1 aliphatic rings. The Bertz CT molecular complexity index is 337. The molecule has 0 aromatic rings. The Labute approximate surface area is 109 Å². The zero-order chi connectivity index (χ0) is 13.9. The molecule has 18 heavy (non-hydrogen) atoms. The van der Waals surface area contributed by atoms with E-state index in [1.165, 1.54) is 4.41 Å². The standard InChI is InChI=1S/C10H21N3O4S/c1-10(2)5-3-6-12(10)13(18(16)17)7-4-8(11)9(14)15/h8H,3-7,11H2,1-2H3,(H,14,15)(H,16,17). The number of hydrogen-bond donors (Lipinski definition) is 3. The van der Waals surface area contributed by atoms with E-state index in [9.17, 15) is 13.6 Å². The lowest BCUT2D eigenvalue weighted by Gasteiger charge is -2.38. The van der Waals surface area contributed by atoms with Gasteiger partial charge in [0.1, 0.15) is 6.04 Å². The normalized spacial score (nSPS) is 23.2. The van der Waals surface area contributed by atoms with Crippen molar-refractivity contribution in [3.63, 3.8) is 0 Å². The third-order valence-electron chi connectivity index (χ3n) is 3.26. The number of aliphatic carboxylic acids is 1. The molecule has 0 aromatic heterocycles. The zero-order valence-corrected chi connectivity index (χ0v) is 11.5. The fraction of sp³-hybridized carbons (Fsp3) is 0.900. The third-order valence-corrected chi connectivity index (χ3v) is 4.00. The molecule has 0 saturated carbocycles. The number of carbonyl (C=O) groups is 1. The van der Waals surface area contributed by atoms with Crippen LogP contribution < -0.4 is 5.73 Å². The summed E-state index contributed by atoms with van der Waals surface area (Å²) in [5, 5.41) is 10.5. The van der Waals surface area contributed by atoms with Crippen LogP contribution in [0, 0.1) is 0 Å². The van der Waals surface area contributed by atoms with Crippen LogP contribution in [0.5, 0.6) is 0 Å². The topological polar surface area (TPSA) is 107 Å². The van der Waals surface area contributed by atoms with E-state index < -0.39 is 23.3 Å². The van der Waals surface area contributed by atoms with Crippen molar-refractivity contribution in [1.29, 1.82) is 0 Å². The summed E-state index contributed by atoms with van der Waals surface area (Å²) in [5.41, 5.74) is 5.22. The number of rotatable bonds is 6. The predicted molar refractivity (Wildman–Crippen MR) is 67.7 cm³/mol. The highest BCUT2D eigenvalue weighted by molar-refractivity contribution is 7.76. The maximum Gasteiger partial charge on any atom is 0.320 e. The molecule has 2 unspecified atom stereocenters. The van der Waals surface area contributed by atoms with E-state index in [2.05, 4.69) is 0 Å². The van der Waals surface area contributed by atoms with Crippen LogP contribution in [0.15, 0.2) is 0 Å². The van der Waals surface area contributed by atoms with Gasteiger partial charge in [-0.15, -0.1) is 4.41 Å². The molecule has 0 spiro atoms. The van der Waals surface area contributed by atoms with E-state index in [4.69, 9.17) is 10.8 Å². The fourth-order valence-corrected chi connectivity index (χ4v) is 2.90. The van der Waals surface area contributed by atoms with Crippen molar-refractivity contribution >= 4 is 17.2 Å². The van der Waals surface area contributed by atoms with Gasteiger partial charge in [-0.25, -0.2) is 9.22 Å². The van der Waals surface area contributed by atoms with E-state index >= 15 is 0 Å². The molecular formula is C10H21N3O4S. The van der Waals surface area contributed by atoms with Gasteiger partial charge in [-0.2, -0.15) is 0 Å². The van der Waals surface area contributed by atoms with Gasteiger partial charge >= 0.3 is 5.97 Å². The largest absolute Gasteiger partial charge is 0.480 e. The fourth-order valence-electron chi connectivity index (χ4n) is 2.16. The van der Waals surface area contributed by atoms with Gasteiger partial charge in [0.25, 0.3) is 0 Å². The van der Waals surface area contributed by atoms with Crippen LogP contribution in [0.1, 0.15) is 33.1 Å². The number of carboxylic acid groups (broad SMARTS) is 1. The van der Waals surface area contributed by atoms with Gasteiger partial charge < -0.3 is 10.8 Å². The molecule has 2 atom stereocenters. The number of hydrazine groups is 1. The van der Waals surface area contributed by atoms with Crippen LogP contribution >= 0.6 is 0 Å². The summed E-state index contributed by atoms with van der Waals surface area (Å²) in [6.07, 6.45) is 2.02. The number of nitrogens with zero attached hydrogens (tertiary/aromatic N) is 2. The smallest absolute Gasteiger partial charge is 0.320 e. The molecule has 8 heteroatoms. The molecule has 1 rings (SSSR count). The lowest BCUT2D eigenvalue weighted by molar-refractivity contribution is -0.138. The summed E-state index contributed by atoms with van der Waals surface area (Å²) in [5.74, 6) is -1.10. The summed E-state index contributed by atoms with van der Waals surface area (Å²) >= 11 is -2.16. The molecule has 0 aromatic carbocycles. The predicted octanol–water partition coefficient (Wildman–Crippen LogP) is 0.0165. The molecule has 0 radical (unpaired) electrons. The van der Waals surface area contributed by atoms with Gasteiger partial charge in [-0.1, -0.05) is 0 Å². The molecule has 1 aliphatic heterocycles. The molecular weight excluding hydrogens is 258 g/mol. The average molecular weight is 279 g/mol. The van der Waals surface area contributed by atoms with Crippen molar-refractivity contribution in [2.45, 2.75) is 44.7 Å². The highest BCUT2D eigenvalue weighted by atomic mass is 32.2. The van der Waals surface area contributed by atoms with Gasteiger partial charge in [0.15, 0.2) is 0 Å². The Morgan fingerprint density at radius 2 is 2.22 bits per heavy atom. The maximum absolute atomic E-state index is 11.4. The van der Waals surface area contributed by atoms with Crippen LogP contribution in [0.2, 0.25) is 0 Å². The Morgan fingerprint density at radius 3 is 2.61 bits per heavy atom. The monoisotopic (exact) mass is 279 g/mol. The molecule has 0 amide bonds. The Kier molecular flexibility index (Phi) is 5.23. The van der Waals surface area contributed by atoms with Gasteiger partial charge in [-0.05, 0) is 33.1 Å². The Hall–Kier alpha value is -0.540. The molecule has 7 nitrogen and oxygen atoms in total. The summed E-state index contributed by atoms with van der Waals surface area (Å²) in [6, 6.07) is -1.01. The van der Waals surface area contributed by atoms with Gasteiger partial charge in [0.05, 0.1) is 0 Å². The molecule has 4 N–H and O–H groups in total. The first-order chi connectivity index (χ1) is 8.25. The zero-order valence-electron chi connectivity index (χ0n) is 10.7. The summed E-state index contributed by atoms with van der Waals surface area (Å²) < 4.78 is 22.0. The SMILES string of the molecule is CC1(C)CCCN1N(CCC(N)C(=O)O)S(=O)O. The second-order valence-corrected chi connectivity index (χ2v) is 5.96. The first kappa shape index (κ1) is 15.5. The minimum atomic E-state index is -2.16. The van der Waals surface area contributed by atoms with Gasteiger partial charge in [0.2, 0.25) is 11.3 Å². The van der Waals surface area contributed by atoms with Crippen LogP contribution in [-0.2, 0) is 16.1 Å². The van der Waals surface area contributed by atoms with E-state index in [1.54, 1.807) is 0 Å². The summed E-state index contributed by atoms with van der Waals surface area (Å²) in [7, 11) is 0. The van der Waals surface area contributed by atoms with Crippen LogP contribution in [0.25, 0.3) is 0 Å². The van der Waals surface area contributed by atoms with E-state index in [0.717, 1.165) is 12.8 Å². The second kappa shape index (κ2) is 6.07. The van der Waals surface area contributed by atoms with Crippen LogP contribution in [-0.4, -0.2) is 53.9 Å². The highest BCUT2D eigenvalue weighted by Gasteiger charge is 2.38. The Morgan fingerprint density at radius 1 is 1.61 bits per heavy atom. The van der Waals surface area contributed by atoms with Crippen molar-refractivity contribution in [2.24, 2.45) is 5.73 Å². The second-order valence-electron chi connectivity index (χ2n) is 5.08. The minimum Gasteiger partial charge on any atom is -0.480 e. The number of carboxylic acids is 1. The number of hydrogen-bond acceptors (Lipinski definition) is 4.